The van der Waals surface area contributed by atoms with E-state index >= 15 is 0 Å². The Bertz CT molecular complexity index is 158. The number of nitrogens with zero attached hydrogens (tertiary/aromatic N) is 1. The third-order valence-corrected chi connectivity index (χ3v) is 3.04. The molecule has 1 fully saturated rings. The number of rotatable bonds is 2. The van der Waals surface area contributed by atoms with Crippen LogP contribution in [-0.2, 0) is 0 Å². The molecule has 78 valence electrons. The van der Waals surface area contributed by atoms with E-state index in [1.165, 1.54) is 19.5 Å². The van der Waals surface area contributed by atoms with Crippen LogP contribution in [-0.4, -0.2) is 30.6 Å². The van der Waals surface area contributed by atoms with E-state index in [1.807, 2.05) is 0 Å². The smallest absolute Gasteiger partial charge is 0.0139 e. The highest BCUT2D eigenvalue weighted by Gasteiger charge is 2.31. The maximum absolute atomic E-state index is 5.79. The second kappa shape index (κ2) is 3.97. The Kier molecular flexibility index (Phi) is 3.36. The first kappa shape index (κ1) is 11.0. The van der Waals surface area contributed by atoms with Gasteiger partial charge in [-0.3, -0.25) is 0 Å². The van der Waals surface area contributed by atoms with Gasteiger partial charge in [0.2, 0.25) is 0 Å². The SMILES string of the molecule is CC(N)CN1CCC(C(C)(C)C)C1. The van der Waals surface area contributed by atoms with Gasteiger partial charge in [-0.15, -0.1) is 0 Å². The Labute approximate surface area is 82.5 Å². The number of hydrogen-bond acceptors (Lipinski definition) is 2. The van der Waals surface area contributed by atoms with E-state index in [4.69, 9.17) is 5.73 Å². The van der Waals surface area contributed by atoms with Crippen molar-refractivity contribution in [3.8, 4) is 0 Å². The minimum absolute atomic E-state index is 0.318. The quantitative estimate of drug-likeness (QED) is 0.708. The molecule has 0 saturated carbocycles. The van der Waals surface area contributed by atoms with Gasteiger partial charge in [0.25, 0.3) is 0 Å². The highest BCUT2D eigenvalue weighted by molar-refractivity contribution is 4.84. The summed E-state index contributed by atoms with van der Waals surface area (Å²) >= 11 is 0. The molecule has 1 heterocycles. The summed E-state index contributed by atoms with van der Waals surface area (Å²) in [5.74, 6) is 0.853. The minimum atomic E-state index is 0.318. The maximum Gasteiger partial charge on any atom is 0.0139 e. The molecule has 0 aromatic carbocycles. The second-order valence-corrected chi connectivity index (χ2v) is 5.59. The summed E-state index contributed by atoms with van der Waals surface area (Å²) in [6.07, 6.45) is 1.34. The highest BCUT2D eigenvalue weighted by Crippen LogP contribution is 2.33. The third kappa shape index (κ3) is 3.28. The lowest BCUT2D eigenvalue weighted by Gasteiger charge is -2.27. The predicted octanol–water partition coefficient (Wildman–Crippen LogP) is 1.70. The van der Waals surface area contributed by atoms with Crippen molar-refractivity contribution in [2.24, 2.45) is 17.1 Å². The van der Waals surface area contributed by atoms with Gasteiger partial charge in [-0.2, -0.15) is 0 Å². The summed E-state index contributed by atoms with van der Waals surface area (Å²) < 4.78 is 0. The second-order valence-electron chi connectivity index (χ2n) is 5.59. The van der Waals surface area contributed by atoms with E-state index in [-0.39, 0.29) is 0 Å². The molecule has 2 N–H and O–H groups in total. The van der Waals surface area contributed by atoms with Gasteiger partial charge in [0.1, 0.15) is 0 Å². The zero-order chi connectivity index (χ0) is 10.1. The van der Waals surface area contributed by atoms with Gasteiger partial charge in [-0.1, -0.05) is 20.8 Å². The maximum atomic E-state index is 5.79. The average molecular weight is 184 g/mol. The third-order valence-electron chi connectivity index (χ3n) is 3.04. The van der Waals surface area contributed by atoms with Crippen LogP contribution < -0.4 is 5.73 Å². The van der Waals surface area contributed by atoms with Gasteiger partial charge in [0, 0.05) is 19.1 Å². The van der Waals surface area contributed by atoms with Crippen LogP contribution in [0, 0.1) is 11.3 Å². The first-order valence-electron chi connectivity index (χ1n) is 5.37. The summed E-state index contributed by atoms with van der Waals surface area (Å²) in [7, 11) is 0. The highest BCUT2D eigenvalue weighted by atomic mass is 15.2. The van der Waals surface area contributed by atoms with Crippen LogP contribution >= 0.6 is 0 Å². The van der Waals surface area contributed by atoms with E-state index in [2.05, 4.69) is 32.6 Å². The zero-order valence-corrected chi connectivity index (χ0v) is 9.51. The molecule has 1 aliphatic heterocycles. The predicted molar refractivity (Wildman–Crippen MR) is 57.7 cm³/mol. The molecule has 0 aromatic heterocycles. The molecule has 0 amide bonds. The fraction of sp³-hybridized carbons (Fsp3) is 1.00. The van der Waals surface area contributed by atoms with E-state index in [0.717, 1.165) is 12.5 Å². The topological polar surface area (TPSA) is 29.3 Å². The normalized spacial score (nSPS) is 27.9. The van der Waals surface area contributed by atoms with Crippen LogP contribution in [0.25, 0.3) is 0 Å². The molecule has 1 saturated heterocycles. The van der Waals surface area contributed by atoms with Crippen LogP contribution in [0.2, 0.25) is 0 Å². The number of likely N-dealkylation sites (tertiary alicyclic amines) is 1. The van der Waals surface area contributed by atoms with Crippen molar-refractivity contribution in [1.29, 1.82) is 0 Å². The Balaban J connectivity index is 2.36. The molecule has 0 aliphatic carbocycles. The summed E-state index contributed by atoms with van der Waals surface area (Å²) in [4.78, 5) is 2.50. The van der Waals surface area contributed by atoms with Gasteiger partial charge >= 0.3 is 0 Å². The standard InChI is InChI=1S/C11H24N2/c1-9(12)7-13-6-5-10(8-13)11(2,3)4/h9-10H,5-8,12H2,1-4H3. The Hall–Kier alpha value is -0.0800. The van der Waals surface area contributed by atoms with Gasteiger partial charge in [0.15, 0.2) is 0 Å². The lowest BCUT2D eigenvalue weighted by atomic mass is 9.80. The first-order chi connectivity index (χ1) is 5.89. The van der Waals surface area contributed by atoms with E-state index < -0.39 is 0 Å². The lowest BCUT2D eigenvalue weighted by Crippen LogP contribution is -2.35. The summed E-state index contributed by atoms with van der Waals surface area (Å²) in [6.45, 7) is 12.7. The molecule has 2 atom stereocenters. The van der Waals surface area contributed by atoms with Crippen LogP contribution in [0.5, 0.6) is 0 Å². The first-order valence-corrected chi connectivity index (χ1v) is 5.37. The van der Waals surface area contributed by atoms with Gasteiger partial charge < -0.3 is 10.6 Å². The molecular formula is C11H24N2. The fourth-order valence-corrected chi connectivity index (χ4v) is 2.11. The van der Waals surface area contributed by atoms with E-state index in [1.54, 1.807) is 0 Å². The molecular weight excluding hydrogens is 160 g/mol. The monoisotopic (exact) mass is 184 g/mol. The molecule has 13 heavy (non-hydrogen) atoms. The van der Waals surface area contributed by atoms with Crippen molar-refractivity contribution < 1.29 is 0 Å². The Morgan fingerprint density at radius 3 is 2.46 bits per heavy atom. The van der Waals surface area contributed by atoms with Crippen LogP contribution in [0.4, 0.5) is 0 Å². The van der Waals surface area contributed by atoms with E-state index in [9.17, 15) is 0 Å². The van der Waals surface area contributed by atoms with Gasteiger partial charge in [-0.25, -0.2) is 0 Å². The summed E-state index contributed by atoms with van der Waals surface area (Å²) in [5, 5.41) is 0. The molecule has 1 aliphatic rings. The van der Waals surface area contributed by atoms with Crippen molar-refractivity contribution in [3.05, 3.63) is 0 Å². The van der Waals surface area contributed by atoms with Crippen molar-refractivity contribution in [3.63, 3.8) is 0 Å². The molecule has 2 nitrogen and oxygen atoms in total. The number of hydrogen-bond donors (Lipinski definition) is 1. The molecule has 2 unspecified atom stereocenters. The Morgan fingerprint density at radius 1 is 1.46 bits per heavy atom. The summed E-state index contributed by atoms with van der Waals surface area (Å²) in [6, 6.07) is 0.318. The van der Waals surface area contributed by atoms with Gasteiger partial charge in [0.05, 0.1) is 0 Å². The van der Waals surface area contributed by atoms with Gasteiger partial charge in [-0.05, 0) is 31.2 Å². The largest absolute Gasteiger partial charge is 0.327 e. The molecule has 2 heteroatoms. The summed E-state index contributed by atoms with van der Waals surface area (Å²) in [5.41, 5.74) is 6.25. The fourth-order valence-electron chi connectivity index (χ4n) is 2.11. The average Bonchev–Trinajstić information content (AvgIpc) is 2.32. The van der Waals surface area contributed by atoms with Crippen molar-refractivity contribution in [2.45, 2.75) is 40.2 Å². The molecule has 0 spiro atoms. The molecule has 0 bridgehead atoms. The molecule has 0 aromatic rings. The van der Waals surface area contributed by atoms with E-state index in [0.29, 0.717) is 11.5 Å². The van der Waals surface area contributed by atoms with Crippen LogP contribution in [0.15, 0.2) is 0 Å². The number of nitrogens with two attached hydrogens (primary N) is 1. The van der Waals surface area contributed by atoms with Crippen molar-refractivity contribution in [2.75, 3.05) is 19.6 Å². The molecule has 0 radical (unpaired) electrons. The lowest BCUT2D eigenvalue weighted by molar-refractivity contribution is 0.225. The molecule has 1 rings (SSSR count). The zero-order valence-electron chi connectivity index (χ0n) is 9.51. The Morgan fingerprint density at radius 2 is 2.08 bits per heavy atom. The van der Waals surface area contributed by atoms with Crippen molar-refractivity contribution >= 4 is 0 Å². The van der Waals surface area contributed by atoms with Crippen molar-refractivity contribution in [1.82, 2.24) is 4.90 Å². The van der Waals surface area contributed by atoms with Crippen LogP contribution in [0.1, 0.15) is 34.1 Å². The van der Waals surface area contributed by atoms with Crippen LogP contribution in [0.3, 0.4) is 0 Å². The minimum Gasteiger partial charge on any atom is -0.327 e.